The van der Waals surface area contributed by atoms with Gasteiger partial charge in [0, 0.05) is 5.56 Å². The van der Waals surface area contributed by atoms with Crippen LogP contribution in [0.3, 0.4) is 0 Å². The minimum absolute atomic E-state index is 0.0321. The lowest BCUT2D eigenvalue weighted by atomic mass is 9.86. The van der Waals surface area contributed by atoms with E-state index < -0.39 is 24.4 Å². The van der Waals surface area contributed by atoms with Crippen LogP contribution in [0.2, 0.25) is 0 Å². The summed E-state index contributed by atoms with van der Waals surface area (Å²) in [6.07, 6.45) is 10.6. The molecule has 0 spiro atoms. The number of hydrogen-bond acceptors (Lipinski definition) is 5. The quantitative estimate of drug-likeness (QED) is 0.291. The number of carboxylic acid groups (broad SMARTS) is 2. The van der Waals surface area contributed by atoms with Crippen molar-refractivity contribution in [2.45, 2.75) is 64.2 Å². The predicted octanol–water partition coefficient (Wildman–Crippen LogP) is 4.88. The van der Waals surface area contributed by atoms with E-state index in [2.05, 4.69) is 17.4 Å². The first-order chi connectivity index (χ1) is 17.9. The highest BCUT2D eigenvalue weighted by Gasteiger charge is 2.14. The Morgan fingerprint density at radius 3 is 2.32 bits per heavy atom. The van der Waals surface area contributed by atoms with Crippen LogP contribution in [0.5, 0.6) is 11.5 Å². The van der Waals surface area contributed by atoms with Gasteiger partial charge in [0.1, 0.15) is 18.0 Å². The van der Waals surface area contributed by atoms with Crippen LogP contribution in [0.25, 0.3) is 0 Å². The Hall–Kier alpha value is -3.55. The Kier molecular flexibility index (Phi) is 11.3. The summed E-state index contributed by atoms with van der Waals surface area (Å²) in [5.41, 5.74) is 1.59. The van der Waals surface area contributed by atoms with Crippen LogP contribution in [0.4, 0.5) is 0 Å². The molecule has 1 amide bonds. The molecule has 0 saturated heterocycles. The molecule has 0 atom stereocenters. The number of carbonyl (C=O) groups is 3. The number of aliphatic carboxylic acids is 1. The predicted molar refractivity (Wildman–Crippen MR) is 139 cm³/mol. The molecule has 2 aromatic carbocycles. The van der Waals surface area contributed by atoms with Crippen LogP contribution < -0.4 is 14.8 Å². The van der Waals surface area contributed by atoms with Crippen LogP contribution in [0.15, 0.2) is 42.5 Å². The molecule has 3 N–H and O–H groups in total. The van der Waals surface area contributed by atoms with Gasteiger partial charge in [-0.15, -0.1) is 0 Å². The second-order valence-electron chi connectivity index (χ2n) is 9.57. The van der Waals surface area contributed by atoms with Crippen molar-refractivity contribution in [2.75, 3.05) is 19.8 Å². The van der Waals surface area contributed by atoms with Crippen LogP contribution in [-0.4, -0.2) is 47.8 Å². The van der Waals surface area contributed by atoms with E-state index in [-0.39, 0.29) is 12.0 Å². The number of amides is 1. The molecule has 1 saturated carbocycles. The SMILES string of the molecule is O=C(O)CNC(=O)Cc1cc(C(=O)O)ccc1OCCCc1ccc(OCCCC2CCCCC2)cc1. The van der Waals surface area contributed by atoms with Crippen molar-refractivity contribution in [1.29, 1.82) is 0 Å². The third kappa shape index (κ3) is 10.1. The number of aryl methyl sites for hydroxylation is 1. The van der Waals surface area contributed by atoms with Crippen molar-refractivity contribution in [3.8, 4) is 11.5 Å². The minimum Gasteiger partial charge on any atom is -0.494 e. The van der Waals surface area contributed by atoms with E-state index in [4.69, 9.17) is 14.6 Å². The van der Waals surface area contributed by atoms with Crippen molar-refractivity contribution < 1.29 is 34.1 Å². The highest BCUT2D eigenvalue weighted by atomic mass is 16.5. The maximum Gasteiger partial charge on any atom is 0.335 e. The molecule has 3 rings (SSSR count). The Balaban J connectivity index is 1.41. The first-order valence-electron chi connectivity index (χ1n) is 13.1. The zero-order valence-corrected chi connectivity index (χ0v) is 21.2. The lowest BCUT2D eigenvalue weighted by molar-refractivity contribution is -0.137. The molecule has 37 heavy (non-hydrogen) atoms. The van der Waals surface area contributed by atoms with Gasteiger partial charge in [0.05, 0.1) is 25.2 Å². The Bertz CT molecular complexity index is 1030. The average Bonchev–Trinajstić information content (AvgIpc) is 2.90. The molecular formula is C29H37NO7. The van der Waals surface area contributed by atoms with Gasteiger partial charge in [-0.2, -0.15) is 0 Å². The number of nitrogens with one attached hydrogen (secondary N) is 1. The van der Waals surface area contributed by atoms with E-state index in [1.807, 2.05) is 12.1 Å². The number of carbonyl (C=O) groups excluding carboxylic acids is 1. The normalized spacial score (nSPS) is 13.6. The van der Waals surface area contributed by atoms with Crippen molar-refractivity contribution in [3.05, 3.63) is 59.2 Å². The lowest BCUT2D eigenvalue weighted by Crippen LogP contribution is -2.30. The molecule has 0 bridgehead atoms. The molecule has 1 aliphatic carbocycles. The number of hydrogen-bond donors (Lipinski definition) is 3. The zero-order chi connectivity index (χ0) is 26.5. The van der Waals surface area contributed by atoms with Gasteiger partial charge in [-0.1, -0.05) is 44.2 Å². The number of ether oxygens (including phenoxy) is 2. The van der Waals surface area contributed by atoms with E-state index in [9.17, 15) is 19.5 Å². The number of rotatable bonds is 15. The van der Waals surface area contributed by atoms with Crippen molar-refractivity contribution in [2.24, 2.45) is 5.92 Å². The van der Waals surface area contributed by atoms with Gasteiger partial charge in [-0.3, -0.25) is 9.59 Å². The van der Waals surface area contributed by atoms with E-state index in [1.54, 1.807) is 0 Å². The molecule has 1 aliphatic rings. The summed E-state index contributed by atoms with van der Waals surface area (Å²) in [4.78, 5) is 34.0. The molecule has 0 unspecified atom stereocenters. The monoisotopic (exact) mass is 511 g/mol. The van der Waals surface area contributed by atoms with Gasteiger partial charge >= 0.3 is 11.9 Å². The van der Waals surface area contributed by atoms with E-state index in [0.29, 0.717) is 17.9 Å². The maximum atomic E-state index is 12.1. The van der Waals surface area contributed by atoms with E-state index in [0.717, 1.165) is 43.1 Å². The average molecular weight is 512 g/mol. The van der Waals surface area contributed by atoms with Gasteiger partial charge in [0.25, 0.3) is 0 Å². The van der Waals surface area contributed by atoms with Crippen molar-refractivity contribution in [3.63, 3.8) is 0 Å². The molecule has 8 heteroatoms. The summed E-state index contributed by atoms with van der Waals surface area (Å²) >= 11 is 0. The van der Waals surface area contributed by atoms with Gasteiger partial charge < -0.3 is 25.0 Å². The smallest absolute Gasteiger partial charge is 0.335 e. The minimum atomic E-state index is -1.15. The van der Waals surface area contributed by atoms with E-state index >= 15 is 0 Å². The summed E-state index contributed by atoms with van der Waals surface area (Å²) in [5.74, 6) is -0.623. The van der Waals surface area contributed by atoms with Gasteiger partial charge in [-0.05, 0) is 67.5 Å². The molecule has 8 nitrogen and oxygen atoms in total. The third-order valence-corrected chi connectivity index (χ3v) is 6.64. The second kappa shape index (κ2) is 14.9. The Morgan fingerprint density at radius 1 is 0.892 bits per heavy atom. The first-order valence-corrected chi connectivity index (χ1v) is 13.1. The standard InChI is InChI=1S/C29H37NO7/c31-27(30-20-28(32)33)19-24-18-23(29(34)35)12-15-26(24)37-17-5-9-22-10-13-25(14-11-22)36-16-4-8-21-6-2-1-3-7-21/h10-15,18,21H,1-9,16-17,19-20H2,(H,30,31)(H,32,33)(H,34,35). The third-order valence-electron chi connectivity index (χ3n) is 6.64. The van der Waals surface area contributed by atoms with Crippen LogP contribution in [0.1, 0.15) is 72.9 Å². The fraction of sp³-hybridized carbons (Fsp3) is 0.483. The van der Waals surface area contributed by atoms with Crippen LogP contribution in [-0.2, 0) is 22.4 Å². The summed E-state index contributed by atoms with van der Waals surface area (Å²) in [6, 6.07) is 12.4. The summed E-state index contributed by atoms with van der Waals surface area (Å²) in [6.45, 7) is 0.633. The molecular weight excluding hydrogens is 474 g/mol. The molecule has 0 heterocycles. The summed E-state index contributed by atoms with van der Waals surface area (Å²) < 4.78 is 11.8. The molecule has 0 radical (unpaired) electrons. The Labute approximate surface area is 218 Å². The molecule has 200 valence electrons. The number of aromatic carboxylic acids is 1. The second-order valence-corrected chi connectivity index (χ2v) is 9.57. The first kappa shape index (κ1) is 28.0. The molecule has 0 aliphatic heterocycles. The van der Waals surface area contributed by atoms with Crippen LogP contribution in [0, 0.1) is 5.92 Å². The van der Waals surface area contributed by atoms with Gasteiger partial charge in [-0.25, -0.2) is 4.79 Å². The molecule has 2 aromatic rings. The van der Waals surface area contributed by atoms with E-state index in [1.165, 1.54) is 56.7 Å². The number of benzene rings is 2. The fourth-order valence-electron chi connectivity index (χ4n) is 4.65. The topological polar surface area (TPSA) is 122 Å². The highest BCUT2D eigenvalue weighted by molar-refractivity contribution is 5.89. The zero-order valence-electron chi connectivity index (χ0n) is 21.2. The van der Waals surface area contributed by atoms with Gasteiger partial charge in [0.2, 0.25) is 5.91 Å². The Morgan fingerprint density at radius 2 is 1.62 bits per heavy atom. The number of carboxylic acids is 2. The summed E-state index contributed by atoms with van der Waals surface area (Å²) in [5, 5.41) is 20.3. The fourth-order valence-corrected chi connectivity index (χ4v) is 4.65. The van der Waals surface area contributed by atoms with Crippen LogP contribution >= 0.6 is 0 Å². The van der Waals surface area contributed by atoms with Crippen molar-refractivity contribution >= 4 is 17.8 Å². The maximum absolute atomic E-state index is 12.1. The lowest BCUT2D eigenvalue weighted by Gasteiger charge is -2.21. The highest BCUT2D eigenvalue weighted by Crippen LogP contribution is 2.27. The summed E-state index contributed by atoms with van der Waals surface area (Å²) in [7, 11) is 0. The molecule has 0 aromatic heterocycles. The van der Waals surface area contributed by atoms with Gasteiger partial charge in [0.15, 0.2) is 0 Å². The van der Waals surface area contributed by atoms with Crippen molar-refractivity contribution in [1.82, 2.24) is 5.32 Å². The largest absolute Gasteiger partial charge is 0.494 e. The molecule has 1 fully saturated rings.